The summed E-state index contributed by atoms with van der Waals surface area (Å²) < 4.78 is 5.62. The summed E-state index contributed by atoms with van der Waals surface area (Å²) in [5.41, 5.74) is 6.07. The van der Waals surface area contributed by atoms with Gasteiger partial charge in [-0.15, -0.1) is 0 Å². The molecule has 0 aromatic carbocycles. The summed E-state index contributed by atoms with van der Waals surface area (Å²) in [4.78, 5) is 8.16. The number of anilines is 1. The minimum Gasteiger partial charge on any atom is -0.376 e. The first-order valence-corrected chi connectivity index (χ1v) is 5.26. The molecule has 1 saturated carbocycles. The third kappa shape index (κ3) is 1.39. The number of ether oxygens (including phenoxy) is 1. The highest BCUT2D eigenvalue weighted by molar-refractivity contribution is 5.35. The number of rotatable bonds is 2. The first-order chi connectivity index (χ1) is 7.36. The minimum absolute atomic E-state index is 0.180. The van der Waals surface area contributed by atoms with Gasteiger partial charge in [0.2, 0.25) is 0 Å². The van der Waals surface area contributed by atoms with E-state index in [4.69, 9.17) is 10.5 Å². The molecule has 2 heterocycles. The molecule has 0 radical (unpaired) electrons. The van der Waals surface area contributed by atoms with Crippen LogP contribution in [0.4, 0.5) is 5.82 Å². The Bertz CT molecular complexity index is 345. The molecule has 0 spiro atoms. The Labute approximate surface area is 88.1 Å². The molecule has 5 heteroatoms. The quantitative estimate of drug-likeness (QED) is 0.712. The number of aromatic nitrogens is 2. The Kier molecular flexibility index (Phi) is 2.07. The fraction of sp³-hybridized carbons (Fsp3) is 0.600. The molecule has 1 saturated heterocycles. The Hall–Kier alpha value is -1.20. The molecule has 1 aromatic rings. The second-order valence-corrected chi connectivity index (χ2v) is 4.13. The lowest BCUT2D eigenvalue weighted by atomic mass is 9.72. The molecule has 3 N–H and O–H groups in total. The molecule has 4 atom stereocenters. The normalized spacial score (nSPS) is 38.2. The van der Waals surface area contributed by atoms with Crippen LogP contribution in [0.1, 0.15) is 6.42 Å². The number of fused-ring (bicyclic) bond motifs is 1. The summed E-state index contributed by atoms with van der Waals surface area (Å²) in [7, 11) is 0. The molecule has 80 valence electrons. The maximum atomic E-state index is 6.07. The highest BCUT2D eigenvalue weighted by Gasteiger charge is 2.52. The van der Waals surface area contributed by atoms with Crippen LogP contribution < -0.4 is 11.1 Å². The summed E-state index contributed by atoms with van der Waals surface area (Å²) >= 11 is 0. The van der Waals surface area contributed by atoms with E-state index in [2.05, 4.69) is 15.3 Å². The van der Waals surface area contributed by atoms with Crippen molar-refractivity contribution in [3.63, 3.8) is 0 Å². The van der Waals surface area contributed by atoms with Crippen LogP contribution in [0.15, 0.2) is 18.6 Å². The van der Waals surface area contributed by atoms with E-state index in [0.717, 1.165) is 18.8 Å². The molecule has 4 unspecified atom stereocenters. The van der Waals surface area contributed by atoms with E-state index in [-0.39, 0.29) is 18.2 Å². The van der Waals surface area contributed by atoms with Gasteiger partial charge in [-0.25, -0.2) is 4.98 Å². The summed E-state index contributed by atoms with van der Waals surface area (Å²) in [5, 5.41) is 3.28. The number of hydrogen-bond donors (Lipinski definition) is 2. The van der Waals surface area contributed by atoms with Crippen LogP contribution in [-0.2, 0) is 4.74 Å². The molecule has 1 aromatic heterocycles. The van der Waals surface area contributed by atoms with Crippen LogP contribution >= 0.6 is 0 Å². The molecule has 1 aliphatic heterocycles. The third-order valence-electron chi connectivity index (χ3n) is 3.32. The van der Waals surface area contributed by atoms with Crippen molar-refractivity contribution in [1.82, 2.24) is 9.97 Å². The van der Waals surface area contributed by atoms with Crippen molar-refractivity contribution in [2.75, 3.05) is 11.9 Å². The molecule has 2 fully saturated rings. The van der Waals surface area contributed by atoms with Gasteiger partial charge in [0.25, 0.3) is 0 Å². The summed E-state index contributed by atoms with van der Waals surface area (Å²) in [6.45, 7) is 0.835. The maximum absolute atomic E-state index is 6.07. The molecule has 2 aliphatic rings. The Morgan fingerprint density at radius 2 is 2.40 bits per heavy atom. The summed E-state index contributed by atoms with van der Waals surface area (Å²) in [6.07, 6.45) is 6.38. The van der Waals surface area contributed by atoms with Crippen LogP contribution in [0.25, 0.3) is 0 Å². The van der Waals surface area contributed by atoms with Gasteiger partial charge in [0, 0.05) is 31.0 Å². The van der Waals surface area contributed by atoms with Crippen LogP contribution in [0.2, 0.25) is 0 Å². The van der Waals surface area contributed by atoms with Gasteiger partial charge in [0.05, 0.1) is 18.3 Å². The number of nitrogens with zero attached hydrogens (tertiary/aromatic N) is 2. The monoisotopic (exact) mass is 206 g/mol. The van der Waals surface area contributed by atoms with Gasteiger partial charge in [0.1, 0.15) is 5.82 Å². The topological polar surface area (TPSA) is 73.1 Å². The third-order valence-corrected chi connectivity index (χ3v) is 3.32. The van der Waals surface area contributed by atoms with Crippen molar-refractivity contribution in [3.05, 3.63) is 18.6 Å². The average Bonchev–Trinajstić information content (AvgIpc) is 2.72. The highest BCUT2D eigenvalue weighted by atomic mass is 16.5. The van der Waals surface area contributed by atoms with Gasteiger partial charge in [-0.05, 0) is 6.42 Å². The van der Waals surface area contributed by atoms with E-state index in [9.17, 15) is 0 Å². The van der Waals surface area contributed by atoms with E-state index >= 15 is 0 Å². The predicted molar refractivity (Wildman–Crippen MR) is 55.3 cm³/mol. The number of hydrogen-bond acceptors (Lipinski definition) is 5. The van der Waals surface area contributed by atoms with E-state index in [1.54, 1.807) is 18.6 Å². The first-order valence-electron chi connectivity index (χ1n) is 5.26. The minimum atomic E-state index is 0.180. The van der Waals surface area contributed by atoms with Crippen molar-refractivity contribution >= 4 is 5.82 Å². The smallest absolute Gasteiger partial charge is 0.144 e. The van der Waals surface area contributed by atoms with Crippen LogP contribution in [-0.4, -0.2) is 34.8 Å². The van der Waals surface area contributed by atoms with Crippen LogP contribution in [0.3, 0.4) is 0 Å². The van der Waals surface area contributed by atoms with Crippen molar-refractivity contribution < 1.29 is 4.74 Å². The molecule has 15 heavy (non-hydrogen) atoms. The molecule has 0 amide bonds. The van der Waals surface area contributed by atoms with Gasteiger partial charge >= 0.3 is 0 Å². The molecular weight excluding hydrogens is 192 g/mol. The van der Waals surface area contributed by atoms with E-state index in [0.29, 0.717) is 5.92 Å². The lowest BCUT2D eigenvalue weighted by molar-refractivity contribution is 0.00523. The standard InChI is InChI=1S/C10H14N4O/c11-8-6-1-4-15-10(6)9(8)14-7-5-12-2-3-13-7/h2-3,5-6,8-10H,1,4,11H2,(H,13,14). The zero-order valence-electron chi connectivity index (χ0n) is 8.34. The number of nitrogens with one attached hydrogen (secondary N) is 1. The van der Waals surface area contributed by atoms with E-state index in [1.807, 2.05) is 0 Å². The molecule has 0 bridgehead atoms. The zero-order chi connectivity index (χ0) is 10.3. The van der Waals surface area contributed by atoms with Gasteiger partial charge in [-0.3, -0.25) is 4.98 Å². The maximum Gasteiger partial charge on any atom is 0.144 e. The van der Waals surface area contributed by atoms with Gasteiger partial charge < -0.3 is 15.8 Å². The summed E-state index contributed by atoms with van der Waals surface area (Å²) in [6, 6.07) is 0.369. The second kappa shape index (κ2) is 3.43. The van der Waals surface area contributed by atoms with Crippen molar-refractivity contribution in [1.29, 1.82) is 0 Å². The fourth-order valence-corrected chi connectivity index (χ4v) is 2.47. The fourth-order valence-electron chi connectivity index (χ4n) is 2.47. The van der Waals surface area contributed by atoms with Crippen LogP contribution in [0, 0.1) is 5.92 Å². The zero-order valence-corrected chi connectivity index (χ0v) is 8.34. The molecule has 3 rings (SSSR count). The van der Waals surface area contributed by atoms with Crippen molar-refractivity contribution in [2.24, 2.45) is 11.7 Å². The first kappa shape index (κ1) is 9.06. The average molecular weight is 206 g/mol. The van der Waals surface area contributed by atoms with Gasteiger partial charge in [0.15, 0.2) is 0 Å². The van der Waals surface area contributed by atoms with Crippen molar-refractivity contribution in [2.45, 2.75) is 24.6 Å². The molecule has 5 nitrogen and oxygen atoms in total. The lowest BCUT2D eigenvalue weighted by Gasteiger charge is -2.45. The Morgan fingerprint density at radius 3 is 3.20 bits per heavy atom. The summed E-state index contributed by atoms with van der Waals surface area (Å²) in [5.74, 6) is 1.30. The highest BCUT2D eigenvalue weighted by Crippen LogP contribution is 2.38. The predicted octanol–water partition coefficient (Wildman–Crippen LogP) is 0.00310. The van der Waals surface area contributed by atoms with E-state index < -0.39 is 0 Å². The van der Waals surface area contributed by atoms with Gasteiger partial charge in [-0.1, -0.05) is 0 Å². The molecular formula is C10H14N4O. The Balaban J connectivity index is 1.69. The van der Waals surface area contributed by atoms with Gasteiger partial charge in [-0.2, -0.15) is 0 Å². The number of nitrogens with two attached hydrogens (primary N) is 1. The van der Waals surface area contributed by atoms with E-state index in [1.165, 1.54) is 0 Å². The Morgan fingerprint density at radius 1 is 1.47 bits per heavy atom. The SMILES string of the molecule is NC1C2CCOC2C1Nc1cnccn1. The van der Waals surface area contributed by atoms with Crippen LogP contribution in [0.5, 0.6) is 0 Å². The van der Waals surface area contributed by atoms with Crippen molar-refractivity contribution in [3.8, 4) is 0 Å². The largest absolute Gasteiger partial charge is 0.376 e. The lowest BCUT2D eigenvalue weighted by Crippen LogP contribution is -2.65. The second-order valence-electron chi connectivity index (χ2n) is 4.13. The molecule has 1 aliphatic carbocycles.